The number of benzene rings is 1. The number of rotatable bonds is 6. The van der Waals surface area contributed by atoms with E-state index in [1.165, 1.54) is 5.56 Å². The van der Waals surface area contributed by atoms with Crippen molar-refractivity contribution in [3.8, 4) is 0 Å². The first-order valence-corrected chi connectivity index (χ1v) is 7.93. The summed E-state index contributed by atoms with van der Waals surface area (Å²) in [4.78, 5) is 0. The predicted octanol–water partition coefficient (Wildman–Crippen LogP) is 4.06. The van der Waals surface area contributed by atoms with Crippen molar-refractivity contribution in [1.82, 2.24) is 5.32 Å². The van der Waals surface area contributed by atoms with E-state index in [0.717, 1.165) is 24.5 Å². The van der Waals surface area contributed by atoms with Crippen molar-refractivity contribution in [2.24, 2.45) is 5.41 Å². The number of nitrogens with one attached hydrogen (secondary N) is 1. The molecule has 0 aromatic heterocycles. The summed E-state index contributed by atoms with van der Waals surface area (Å²) < 4.78 is 5.78. The van der Waals surface area contributed by atoms with Crippen molar-refractivity contribution < 1.29 is 4.74 Å². The lowest BCUT2D eigenvalue weighted by molar-refractivity contribution is -0.116. The lowest BCUT2D eigenvalue weighted by atomic mass is 9.64. The Labute approximate surface area is 127 Å². The summed E-state index contributed by atoms with van der Waals surface area (Å²) >= 11 is 5.92. The van der Waals surface area contributed by atoms with Crippen LogP contribution in [0.25, 0.3) is 0 Å². The molecule has 112 valence electrons. The van der Waals surface area contributed by atoms with Crippen LogP contribution >= 0.6 is 11.6 Å². The van der Waals surface area contributed by atoms with Gasteiger partial charge in [-0.25, -0.2) is 0 Å². The molecule has 1 saturated carbocycles. The van der Waals surface area contributed by atoms with E-state index in [1.807, 2.05) is 12.1 Å². The molecule has 3 atom stereocenters. The van der Waals surface area contributed by atoms with Crippen molar-refractivity contribution >= 4 is 11.6 Å². The third kappa shape index (κ3) is 3.55. The molecule has 0 heterocycles. The topological polar surface area (TPSA) is 21.3 Å². The summed E-state index contributed by atoms with van der Waals surface area (Å²) in [5.74, 6) is 0. The van der Waals surface area contributed by atoms with Crippen LogP contribution < -0.4 is 5.32 Å². The van der Waals surface area contributed by atoms with Crippen LogP contribution in [0.2, 0.25) is 5.02 Å². The van der Waals surface area contributed by atoms with Crippen LogP contribution in [0.4, 0.5) is 0 Å². The first kappa shape index (κ1) is 15.8. The third-order valence-corrected chi connectivity index (χ3v) is 4.74. The van der Waals surface area contributed by atoms with E-state index < -0.39 is 0 Å². The van der Waals surface area contributed by atoms with E-state index in [1.54, 1.807) is 0 Å². The van der Waals surface area contributed by atoms with E-state index in [9.17, 15) is 0 Å². The molecular formula is C17H26ClNO. The van der Waals surface area contributed by atoms with E-state index in [4.69, 9.17) is 16.3 Å². The van der Waals surface area contributed by atoms with Crippen LogP contribution in [0.5, 0.6) is 0 Å². The average molecular weight is 296 g/mol. The fourth-order valence-electron chi connectivity index (χ4n) is 3.03. The molecule has 1 aliphatic carbocycles. The van der Waals surface area contributed by atoms with Gasteiger partial charge < -0.3 is 10.1 Å². The van der Waals surface area contributed by atoms with Gasteiger partial charge in [-0.1, -0.05) is 37.6 Å². The van der Waals surface area contributed by atoms with E-state index >= 15 is 0 Å². The molecule has 0 saturated heterocycles. The zero-order valence-corrected chi connectivity index (χ0v) is 13.7. The van der Waals surface area contributed by atoms with Gasteiger partial charge in [0.05, 0.1) is 6.10 Å². The Morgan fingerprint density at radius 1 is 1.35 bits per heavy atom. The van der Waals surface area contributed by atoms with Gasteiger partial charge in [0.1, 0.15) is 0 Å². The molecular weight excluding hydrogens is 270 g/mol. The molecule has 20 heavy (non-hydrogen) atoms. The fraction of sp³-hybridized carbons (Fsp3) is 0.647. The maximum atomic E-state index is 5.92. The summed E-state index contributed by atoms with van der Waals surface area (Å²) in [7, 11) is 0. The molecule has 1 N–H and O–H groups in total. The molecule has 1 fully saturated rings. The number of hydrogen-bond donors (Lipinski definition) is 1. The summed E-state index contributed by atoms with van der Waals surface area (Å²) in [5, 5.41) is 4.55. The summed E-state index contributed by atoms with van der Waals surface area (Å²) in [6, 6.07) is 9.14. The monoisotopic (exact) mass is 295 g/mol. The lowest BCUT2D eigenvalue weighted by Crippen LogP contribution is -2.62. The maximum absolute atomic E-state index is 5.92. The highest BCUT2D eigenvalue weighted by molar-refractivity contribution is 6.30. The highest BCUT2D eigenvalue weighted by Crippen LogP contribution is 2.43. The Morgan fingerprint density at radius 2 is 2.00 bits per heavy atom. The van der Waals surface area contributed by atoms with Crippen molar-refractivity contribution in [3.05, 3.63) is 34.9 Å². The van der Waals surface area contributed by atoms with Gasteiger partial charge in [-0.3, -0.25) is 0 Å². The summed E-state index contributed by atoms with van der Waals surface area (Å²) in [5.41, 5.74) is 1.55. The minimum atomic E-state index is 0.226. The van der Waals surface area contributed by atoms with Crippen LogP contribution in [0.3, 0.4) is 0 Å². The van der Waals surface area contributed by atoms with Gasteiger partial charge in [-0.2, -0.15) is 0 Å². The van der Waals surface area contributed by atoms with Crippen LogP contribution in [0, 0.1) is 5.41 Å². The predicted molar refractivity (Wildman–Crippen MR) is 85.4 cm³/mol. The Morgan fingerprint density at radius 3 is 2.55 bits per heavy atom. The fourth-order valence-corrected chi connectivity index (χ4v) is 3.15. The molecule has 0 amide bonds. The Bertz CT molecular complexity index is 429. The van der Waals surface area contributed by atoms with E-state index in [0.29, 0.717) is 18.2 Å². The molecule has 0 aliphatic heterocycles. The quantitative estimate of drug-likeness (QED) is 0.854. The summed E-state index contributed by atoms with van der Waals surface area (Å²) in [6.07, 6.45) is 2.54. The molecule has 3 unspecified atom stereocenters. The Hall–Kier alpha value is -0.570. The van der Waals surface area contributed by atoms with Crippen molar-refractivity contribution in [1.29, 1.82) is 0 Å². The minimum absolute atomic E-state index is 0.226. The first-order chi connectivity index (χ1) is 9.43. The van der Waals surface area contributed by atoms with E-state index in [-0.39, 0.29) is 5.41 Å². The first-order valence-electron chi connectivity index (χ1n) is 7.55. The van der Waals surface area contributed by atoms with Gasteiger partial charge in [0.2, 0.25) is 0 Å². The van der Waals surface area contributed by atoms with Gasteiger partial charge in [0.15, 0.2) is 0 Å². The lowest BCUT2D eigenvalue weighted by Gasteiger charge is -2.52. The second-order valence-electron chi connectivity index (χ2n) is 6.45. The van der Waals surface area contributed by atoms with Crippen LogP contribution in [0.15, 0.2) is 24.3 Å². The zero-order chi connectivity index (χ0) is 14.8. The highest BCUT2D eigenvalue weighted by Gasteiger charge is 2.48. The highest BCUT2D eigenvalue weighted by atomic mass is 35.5. The van der Waals surface area contributed by atoms with Gasteiger partial charge in [0, 0.05) is 29.1 Å². The normalized spacial score (nSPS) is 26.1. The van der Waals surface area contributed by atoms with Crippen LogP contribution in [-0.4, -0.2) is 24.8 Å². The molecule has 0 bridgehead atoms. The molecule has 2 rings (SSSR count). The summed E-state index contributed by atoms with van der Waals surface area (Å²) in [6.45, 7) is 9.72. The minimum Gasteiger partial charge on any atom is -0.378 e. The average Bonchev–Trinajstić information content (AvgIpc) is 2.40. The molecule has 1 aromatic carbocycles. The molecule has 1 aliphatic rings. The second-order valence-corrected chi connectivity index (χ2v) is 6.89. The van der Waals surface area contributed by atoms with Crippen molar-refractivity contribution in [3.63, 3.8) is 0 Å². The SMILES string of the molecule is CCOC1CC(NC(C)Cc2ccc(Cl)cc2)C1(C)C. The van der Waals surface area contributed by atoms with Crippen LogP contribution in [-0.2, 0) is 11.2 Å². The van der Waals surface area contributed by atoms with Gasteiger partial charge in [-0.15, -0.1) is 0 Å². The van der Waals surface area contributed by atoms with Crippen molar-refractivity contribution in [2.45, 2.75) is 58.7 Å². The molecule has 2 nitrogen and oxygen atoms in total. The molecule has 1 aromatic rings. The van der Waals surface area contributed by atoms with Gasteiger partial charge in [-0.05, 0) is 44.4 Å². The number of halogens is 1. The number of hydrogen-bond acceptors (Lipinski definition) is 2. The molecule has 3 heteroatoms. The second kappa shape index (κ2) is 6.46. The standard InChI is InChI=1S/C17H26ClNO/c1-5-20-16-11-15(17(16,3)4)19-12(2)10-13-6-8-14(18)9-7-13/h6-9,12,15-16,19H,5,10-11H2,1-4H3. The van der Waals surface area contributed by atoms with Gasteiger partial charge >= 0.3 is 0 Å². The smallest absolute Gasteiger partial charge is 0.0655 e. The third-order valence-electron chi connectivity index (χ3n) is 4.49. The molecule has 0 radical (unpaired) electrons. The zero-order valence-electron chi connectivity index (χ0n) is 12.9. The number of ether oxygens (including phenoxy) is 1. The van der Waals surface area contributed by atoms with E-state index in [2.05, 4.69) is 45.1 Å². The van der Waals surface area contributed by atoms with Gasteiger partial charge in [0.25, 0.3) is 0 Å². The van der Waals surface area contributed by atoms with Crippen molar-refractivity contribution in [2.75, 3.05) is 6.61 Å². The van der Waals surface area contributed by atoms with Crippen LogP contribution in [0.1, 0.15) is 39.7 Å². The molecule has 0 spiro atoms. The largest absolute Gasteiger partial charge is 0.378 e. The maximum Gasteiger partial charge on any atom is 0.0655 e. The Kier molecular flexibility index (Phi) is 5.11. The Balaban J connectivity index is 1.83.